The highest BCUT2D eigenvalue weighted by Crippen LogP contribution is 2.69. The van der Waals surface area contributed by atoms with Crippen LogP contribution < -0.4 is 0 Å². The van der Waals surface area contributed by atoms with Gasteiger partial charge in [0.25, 0.3) is 0 Å². The van der Waals surface area contributed by atoms with E-state index in [4.69, 9.17) is 9.26 Å². The molecule has 0 aliphatic heterocycles. The number of aromatic nitrogens is 1. The van der Waals surface area contributed by atoms with Gasteiger partial charge in [-0.2, -0.15) is 0 Å². The van der Waals surface area contributed by atoms with Gasteiger partial charge in [-0.1, -0.05) is 11.2 Å². The van der Waals surface area contributed by atoms with Crippen LogP contribution in [0.4, 0.5) is 0 Å². The van der Waals surface area contributed by atoms with Gasteiger partial charge in [-0.05, 0) is 99.2 Å². The van der Waals surface area contributed by atoms with Crippen LogP contribution >= 0.6 is 0 Å². The van der Waals surface area contributed by atoms with E-state index in [0.717, 1.165) is 37.5 Å². The zero-order valence-electron chi connectivity index (χ0n) is 18.1. The lowest BCUT2D eigenvalue weighted by Crippen LogP contribution is -2.58. The number of hydrogen-bond donors (Lipinski definition) is 1. The normalized spacial score (nSPS) is 49.1. The minimum atomic E-state index is -0.500. The maximum atomic E-state index is 10.8. The van der Waals surface area contributed by atoms with E-state index in [2.05, 4.69) is 23.9 Å². The first kappa shape index (κ1) is 19.8. The van der Waals surface area contributed by atoms with Gasteiger partial charge in [0.05, 0.1) is 17.9 Å². The highest BCUT2D eigenvalue weighted by Gasteiger charge is 2.63. The molecule has 5 rings (SSSR count). The van der Waals surface area contributed by atoms with Gasteiger partial charge < -0.3 is 14.4 Å². The fourth-order valence-electron chi connectivity index (χ4n) is 8.73. The Labute approximate surface area is 175 Å². The Morgan fingerprint density at radius 1 is 1.21 bits per heavy atom. The van der Waals surface area contributed by atoms with Crippen LogP contribution in [0.15, 0.2) is 29.5 Å². The summed E-state index contributed by atoms with van der Waals surface area (Å²) >= 11 is 0. The summed E-state index contributed by atoms with van der Waals surface area (Å²) in [6, 6.07) is 2.07. The third-order valence-electron chi connectivity index (χ3n) is 9.85. The van der Waals surface area contributed by atoms with Crippen molar-refractivity contribution in [3.8, 4) is 0 Å². The van der Waals surface area contributed by atoms with Crippen LogP contribution in [0.3, 0.4) is 0 Å². The Morgan fingerprint density at radius 2 is 2.07 bits per heavy atom. The van der Waals surface area contributed by atoms with Crippen LogP contribution in [-0.2, 0) is 4.74 Å². The average molecular weight is 400 g/mol. The standard InChI is InChI=1S/C25H37NO3/c1-4-24-11-9-20-18(19(24)7-8-21(24)22-10-14-29-26-22)6-5-17-15-23(2,27)12-13-25(17,20)16-28-3/h4,10,14,17-21,27H,1,5-9,11-13,15-16H2,2-3H3/t17-,18?,19-,20-,21+,23+,24-,25+/m0/s1. The highest BCUT2D eigenvalue weighted by molar-refractivity contribution is 5.24. The predicted octanol–water partition coefficient (Wildman–Crippen LogP) is 5.34. The number of methoxy groups -OCH3 is 1. The Kier molecular flexibility index (Phi) is 4.75. The predicted molar refractivity (Wildman–Crippen MR) is 112 cm³/mol. The van der Waals surface area contributed by atoms with Crippen molar-refractivity contribution < 1.29 is 14.4 Å². The highest BCUT2D eigenvalue weighted by atomic mass is 16.5. The van der Waals surface area contributed by atoms with Gasteiger partial charge in [-0.25, -0.2) is 0 Å². The van der Waals surface area contributed by atoms with Crippen molar-refractivity contribution in [3.63, 3.8) is 0 Å². The van der Waals surface area contributed by atoms with Crippen LogP contribution in [0.5, 0.6) is 0 Å². The second kappa shape index (κ2) is 6.95. The van der Waals surface area contributed by atoms with E-state index < -0.39 is 5.60 Å². The summed E-state index contributed by atoms with van der Waals surface area (Å²) in [4.78, 5) is 0. The van der Waals surface area contributed by atoms with Crippen LogP contribution in [-0.4, -0.2) is 29.6 Å². The minimum absolute atomic E-state index is 0.166. The molecule has 29 heavy (non-hydrogen) atoms. The van der Waals surface area contributed by atoms with Gasteiger partial charge >= 0.3 is 0 Å². The first-order valence-corrected chi connectivity index (χ1v) is 11.7. The summed E-state index contributed by atoms with van der Waals surface area (Å²) < 4.78 is 11.1. The van der Waals surface area contributed by atoms with Crippen molar-refractivity contribution in [1.82, 2.24) is 5.16 Å². The lowest BCUT2D eigenvalue weighted by atomic mass is 9.43. The van der Waals surface area contributed by atoms with Crippen molar-refractivity contribution in [2.24, 2.45) is 34.5 Å². The number of aliphatic hydroxyl groups is 1. The van der Waals surface area contributed by atoms with E-state index in [1.807, 2.05) is 14.0 Å². The Morgan fingerprint density at radius 3 is 2.79 bits per heavy atom. The molecule has 1 heterocycles. The molecule has 0 bridgehead atoms. The minimum Gasteiger partial charge on any atom is -0.390 e. The zero-order chi connectivity index (χ0) is 20.3. The van der Waals surface area contributed by atoms with E-state index in [9.17, 15) is 5.11 Å². The Bertz CT molecular complexity index is 743. The second-order valence-corrected chi connectivity index (χ2v) is 10.9. The number of rotatable bonds is 4. The van der Waals surface area contributed by atoms with Crippen molar-refractivity contribution in [3.05, 3.63) is 30.7 Å². The zero-order valence-corrected chi connectivity index (χ0v) is 18.1. The second-order valence-electron chi connectivity index (χ2n) is 10.9. The average Bonchev–Trinajstić information content (AvgIpc) is 3.35. The van der Waals surface area contributed by atoms with Gasteiger partial charge in [0.2, 0.25) is 0 Å². The summed E-state index contributed by atoms with van der Waals surface area (Å²) in [6.45, 7) is 7.25. The molecule has 4 fully saturated rings. The smallest absolute Gasteiger partial charge is 0.124 e. The molecule has 0 saturated heterocycles. The monoisotopic (exact) mass is 399 g/mol. The summed E-state index contributed by atoms with van der Waals surface area (Å²) in [5.41, 5.74) is 1.04. The van der Waals surface area contributed by atoms with E-state index in [-0.39, 0.29) is 10.8 Å². The van der Waals surface area contributed by atoms with Crippen molar-refractivity contribution in [2.45, 2.75) is 76.2 Å². The molecule has 8 atom stereocenters. The molecule has 1 N–H and O–H groups in total. The maximum absolute atomic E-state index is 10.8. The van der Waals surface area contributed by atoms with Crippen molar-refractivity contribution >= 4 is 0 Å². The van der Waals surface area contributed by atoms with Crippen LogP contribution in [0.25, 0.3) is 0 Å². The molecular weight excluding hydrogens is 362 g/mol. The molecule has 1 aromatic heterocycles. The van der Waals surface area contributed by atoms with E-state index in [1.165, 1.54) is 38.5 Å². The van der Waals surface area contributed by atoms with E-state index >= 15 is 0 Å². The van der Waals surface area contributed by atoms with Gasteiger partial charge in [-0.15, -0.1) is 6.58 Å². The van der Waals surface area contributed by atoms with Crippen LogP contribution in [0, 0.1) is 34.5 Å². The number of fused-ring (bicyclic) bond motifs is 5. The largest absolute Gasteiger partial charge is 0.390 e. The maximum Gasteiger partial charge on any atom is 0.124 e. The first-order chi connectivity index (χ1) is 14.0. The lowest BCUT2D eigenvalue weighted by molar-refractivity contribution is -0.169. The van der Waals surface area contributed by atoms with E-state index in [1.54, 1.807) is 6.26 Å². The molecule has 1 unspecified atom stereocenters. The number of ether oxygens (including phenoxy) is 1. The summed E-state index contributed by atoms with van der Waals surface area (Å²) in [5.74, 6) is 3.20. The molecular formula is C25H37NO3. The molecule has 0 aromatic carbocycles. The summed E-state index contributed by atoms with van der Waals surface area (Å²) in [6.07, 6.45) is 14.4. The Hall–Kier alpha value is -1.13. The fourth-order valence-corrected chi connectivity index (χ4v) is 8.73. The Balaban J connectivity index is 1.48. The molecule has 4 aliphatic rings. The van der Waals surface area contributed by atoms with Gasteiger partial charge in [0, 0.05) is 19.1 Å². The van der Waals surface area contributed by atoms with Crippen molar-refractivity contribution in [2.75, 3.05) is 13.7 Å². The lowest BCUT2D eigenvalue weighted by Gasteiger charge is -2.62. The number of nitrogens with zero attached hydrogens (tertiary/aromatic N) is 1. The summed E-state index contributed by atoms with van der Waals surface area (Å²) in [7, 11) is 1.87. The third-order valence-corrected chi connectivity index (χ3v) is 9.85. The number of hydrogen-bond acceptors (Lipinski definition) is 4. The molecule has 4 saturated carbocycles. The number of allylic oxidation sites excluding steroid dienone is 1. The third kappa shape index (κ3) is 2.81. The quantitative estimate of drug-likeness (QED) is 0.694. The SMILES string of the molecule is C=C[C@]12CC[C@H]3C(CC[C@H]4C[C@](C)(O)CC[C@@]43COC)[C@@H]1CC[C@@H]2c1ccon1. The molecule has 0 amide bonds. The molecule has 0 radical (unpaired) electrons. The van der Waals surface area contributed by atoms with Crippen molar-refractivity contribution in [1.29, 1.82) is 0 Å². The molecule has 160 valence electrons. The van der Waals surface area contributed by atoms with Gasteiger partial charge in [0.1, 0.15) is 6.26 Å². The van der Waals surface area contributed by atoms with Gasteiger partial charge in [-0.3, -0.25) is 0 Å². The molecule has 0 spiro atoms. The topological polar surface area (TPSA) is 55.5 Å². The van der Waals surface area contributed by atoms with E-state index in [0.29, 0.717) is 23.7 Å². The summed E-state index contributed by atoms with van der Waals surface area (Å²) in [5, 5.41) is 15.1. The molecule has 4 heteroatoms. The molecule has 4 nitrogen and oxygen atoms in total. The molecule has 4 aliphatic carbocycles. The van der Waals surface area contributed by atoms with Crippen LogP contribution in [0.1, 0.15) is 76.3 Å². The molecule has 1 aromatic rings. The van der Waals surface area contributed by atoms with Gasteiger partial charge in [0.15, 0.2) is 0 Å². The van der Waals surface area contributed by atoms with Crippen LogP contribution in [0.2, 0.25) is 0 Å². The first-order valence-electron chi connectivity index (χ1n) is 11.7. The fraction of sp³-hybridized carbons (Fsp3) is 0.800.